The Bertz CT molecular complexity index is 1010. The Labute approximate surface area is 155 Å². The molecule has 1 spiro atoms. The second kappa shape index (κ2) is 5.58. The summed E-state index contributed by atoms with van der Waals surface area (Å²) in [6.45, 7) is 0. The van der Waals surface area contributed by atoms with Crippen molar-refractivity contribution in [2.75, 3.05) is 5.32 Å². The summed E-state index contributed by atoms with van der Waals surface area (Å²) in [6, 6.07) is 19.1. The van der Waals surface area contributed by atoms with Crippen LogP contribution in [0.25, 0.3) is 0 Å². The maximum Gasteiger partial charge on any atom is 0.241 e. The van der Waals surface area contributed by atoms with E-state index in [4.69, 9.17) is 10.5 Å². The van der Waals surface area contributed by atoms with E-state index in [-0.39, 0.29) is 23.4 Å². The number of para-hydroxylation sites is 1. The minimum Gasteiger partial charge on any atom is -0.458 e. The number of amides is 1. The minimum absolute atomic E-state index is 0.0198. The molecule has 1 saturated heterocycles. The summed E-state index contributed by atoms with van der Waals surface area (Å²) < 4.78 is 5.80. The molecular formula is C20H17N5O2. The quantitative estimate of drug-likeness (QED) is 0.612. The molecule has 3 aliphatic heterocycles. The fraction of sp³-hybridized carbons (Fsp3) is 0.200. The molecule has 7 nitrogen and oxygen atoms in total. The van der Waals surface area contributed by atoms with Crippen molar-refractivity contribution in [2.45, 2.75) is 17.7 Å². The summed E-state index contributed by atoms with van der Waals surface area (Å²) in [5, 5.41) is 12.9. The Morgan fingerprint density at radius 1 is 1.07 bits per heavy atom. The first-order valence-corrected chi connectivity index (χ1v) is 8.72. The monoisotopic (exact) mass is 359 g/mol. The molecule has 4 unspecified atom stereocenters. The second-order valence-electron chi connectivity index (χ2n) is 6.90. The van der Waals surface area contributed by atoms with Gasteiger partial charge >= 0.3 is 0 Å². The van der Waals surface area contributed by atoms with Gasteiger partial charge in [-0.25, -0.2) is 10.9 Å². The van der Waals surface area contributed by atoms with E-state index in [1.54, 1.807) is 0 Å². The third-order valence-electron chi connectivity index (χ3n) is 5.69. The van der Waals surface area contributed by atoms with Gasteiger partial charge in [-0.3, -0.25) is 4.79 Å². The zero-order valence-corrected chi connectivity index (χ0v) is 14.3. The molecule has 5 N–H and O–H groups in total. The zero-order valence-electron chi connectivity index (χ0n) is 14.3. The summed E-state index contributed by atoms with van der Waals surface area (Å²) in [7, 11) is 0. The van der Waals surface area contributed by atoms with Crippen molar-refractivity contribution >= 4 is 11.6 Å². The van der Waals surface area contributed by atoms with Crippen LogP contribution in [0.1, 0.15) is 17.2 Å². The van der Waals surface area contributed by atoms with Crippen LogP contribution in [0, 0.1) is 17.2 Å². The second-order valence-corrected chi connectivity index (χ2v) is 6.90. The summed E-state index contributed by atoms with van der Waals surface area (Å²) in [5.74, 6) is -0.674. The van der Waals surface area contributed by atoms with Crippen LogP contribution in [-0.2, 0) is 14.9 Å². The first-order valence-electron chi connectivity index (χ1n) is 8.72. The molecule has 27 heavy (non-hydrogen) atoms. The van der Waals surface area contributed by atoms with Crippen LogP contribution < -0.4 is 21.9 Å². The predicted molar refractivity (Wildman–Crippen MR) is 97.4 cm³/mol. The van der Waals surface area contributed by atoms with E-state index < -0.39 is 17.6 Å². The van der Waals surface area contributed by atoms with E-state index in [1.807, 2.05) is 54.6 Å². The van der Waals surface area contributed by atoms with Gasteiger partial charge in [0.25, 0.3) is 0 Å². The molecule has 0 saturated carbocycles. The van der Waals surface area contributed by atoms with Gasteiger partial charge in [0.1, 0.15) is 17.1 Å². The number of hydrazine groups is 1. The molecule has 0 radical (unpaired) electrons. The number of rotatable bonds is 1. The highest BCUT2D eigenvalue weighted by atomic mass is 16.5. The Balaban J connectivity index is 1.79. The zero-order chi connectivity index (χ0) is 18.6. The van der Waals surface area contributed by atoms with E-state index in [0.29, 0.717) is 5.69 Å². The SMILES string of the molecule is N#CC1=C(N)OC2NNC(c3ccccc3)C2C12C(=O)Nc1ccccc12. The van der Waals surface area contributed by atoms with Gasteiger partial charge in [0, 0.05) is 5.69 Å². The molecule has 0 aromatic heterocycles. The molecule has 5 rings (SSSR count). The van der Waals surface area contributed by atoms with Gasteiger partial charge in [-0.1, -0.05) is 48.5 Å². The van der Waals surface area contributed by atoms with Gasteiger partial charge in [-0.2, -0.15) is 5.26 Å². The van der Waals surface area contributed by atoms with Crippen molar-refractivity contribution in [3.8, 4) is 6.07 Å². The summed E-state index contributed by atoms with van der Waals surface area (Å²) in [5.41, 5.74) is 13.8. The fourth-order valence-electron chi connectivity index (χ4n) is 4.62. The smallest absolute Gasteiger partial charge is 0.241 e. The van der Waals surface area contributed by atoms with Gasteiger partial charge < -0.3 is 15.8 Å². The topological polar surface area (TPSA) is 112 Å². The van der Waals surface area contributed by atoms with E-state index in [1.165, 1.54) is 0 Å². The van der Waals surface area contributed by atoms with Crippen LogP contribution in [0.15, 0.2) is 66.1 Å². The number of carbonyl (C=O) groups excluding carboxylic acids is 1. The Kier molecular flexibility index (Phi) is 3.28. The highest BCUT2D eigenvalue weighted by Gasteiger charge is 2.65. The number of carbonyl (C=O) groups is 1. The van der Waals surface area contributed by atoms with Crippen molar-refractivity contribution in [1.29, 1.82) is 5.26 Å². The van der Waals surface area contributed by atoms with E-state index in [0.717, 1.165) is 11.1 Å². The van der Waals surface area contributed by atoms with Gasteiger partial charge in [-0.15, -0.1) is 0 Å². The molecule has 2 aromatic carbocycles. The lowest BCUT2D eigenvalue weighted by molar-refractivity contribution is -0.124. The van der Waals surface area contributed by atoms with E-state index >= 15 is 0 Å². The Morgan fingerprint density at radius 2 is 1.81 bits per heavy atom. The molecular weight excluding hydrogens is 342 g/mol. The first kappa shape index (κ1) is 15.9. The number of nitrogens with zero attached hydrogens (tertiary/aromatic N) is 1. The maximum atomic E-state index is 13.4. The highest BCUT2D eigenvalue weighted by molar-refractivity contribution is 6.10. The van der Waals surface area contributed by atoms with Gasteiger partial charge in [0.05, 0.1) is 12.0 Å². The molecule has 3 aliphatic rings. The number of ether oxygens (including phenoxy) is 1. The maximum absolute atomic E-state index is 13.4. The number of nitrogens with two attached hydrogens (primary N) is 1. The van der Waals surface area contributed by atoms with Crippen LogP contribution in [0.3, 0.4) is 0 Å². The normalized spacial score (nSPS) is 31.1. The molecule has 2 aromatic rings. The highest BCUT2D eigenvalue weighted by Crippen LogP contribution is 2.56. The van der Waals surface area contributed by atoms with Crippen molar-refractivity contribution in [2.24, 2.45) is 11.7 Å². The van der Waals surface area contributed by atoms with Crippen molar-refractivity contribution in [3.05, 3.63) is 77.2 Å². The van der Waals surface area contributed by atoms with Crippen molar-refractivity contribution in [1.82, 2.24) is 10.9 Å². The molecule has 0 bridgehead atoms. The number of hydrogen-bond acceptors (Lipinski definition) is 6. The Hall–Kier alpha value is -3.34. The van der Waals surface area contributed by atoms with Gasteiger partial charge in [-0.05, 0) is 17.2 Å². The van der Waals surface area contributed by atoms with Crippen molar-refractivity contribution in [3.63, 3.8) is 0 Å². The molecule has 3 heterocycles. The van der Waals surface area contributed by atoms with E-state index in [9.17, 15) is 10.1 Å². The number of hydrogen-bond donors (Lipinski definition) is 4. The molecule has 0 aliphatic carbocycles. The molecule has 134 valence electrons. The van der Waals surface area contributed by atoms with Crippen LogP contribution in [0.2, 0.25) is 0 Å². The average molecular weight is 359 g/mol. The lowest BCUT2D eigenvalue weighted by Crippen LogP contribution is -2.54. The molecule has 7 heteroatoms. The minimum atomic E-state index is -1.23. The van der Waals surface area contributed by atoms with Crippen LogP contribution in [0.4, 0.5) is 5.69 Å². The summed E-state index contributed by atoms with van der Waals surface area (Å²) in [4.78, 5) is 13.4. The number of anilines is 1. The number of nitriles is 1. The third-order valence-corrected chi connectivity index (χ3v) is 5.69. The number of fused-ring (bicyclic) bond motifs is 4. The van der Waals surface area contributed by atoms with Crippen molar-refractivity contribution < 1.29 is 9.53 Å². The van der Waals surface area contributed by atoms with E-state index in [2.05, 4.69) is 22.2 Å². The molecule has 1 amide bonds. The molecule has 1 fully saturated rings. The van der Waals surface area contributed by atoms with Crippen LogP contribution in [0.5, 0.6) is 0 Å². The predicted octanol–water partition coefficient (Wildman–Crippen LogP) is 1.39. The largest absolute Gasteiger partial charge is 0.458 e. The number of benzene rings is 2. The lowest BCUT2D eigenvalue weighted by atomic mass is 9.62. The lowest BCUT2D eigenvalue weighted by Gasteiger charge is -2.42. The fourth-order valence-corrected chi connectivity index (χ4v) is 4.62. The third kappa shape index (κ3) is 1.94. The Morgan fingerprint density at radius 3 is 2.59 bits per heavy atom. The van der Waals surface area contributed by atoms with Crippen LogP contribution >= 0.6 is 0 Å². The standard InChI is InChI=1S/C20H17N5O2/c21-10-13-17(22)27-18-15(16(24-25-18)11-6-2-1-3-7-11)20(13)12-8-4-5-9-14(12)23-19(20)26/h1-9,15-16,18,24-25H,22H2,(H,23,26). The first-order chi connectivity index (χ1) is 13.2. The van der Waals surface area contributed by atoms with Gasteiger partial charge in [0.15, 0.2) is 6.23 Å². The molecule has 4 atom stereocenters. The summed E-state index contributed by atoms with van der Waals surface area (Å²) in [6.07, 6.45) is -0.552. The van der Waals surface area contributed by atoms with Crippen LogP contribution in [-0.4, -0.2) is 12.1 Å². The number of nitrogens with one attached hydrogen (secondary N) is 3. The van der Waals surface area contributed by atoms with Gasteiger partial charge in [0.2, 0.25) is 11.8 Å². The average Bonchev–Trinajstić information content (AvgIpc) is 3.23. The summed E-state index contributed by atoms with van der Waals surface area (Å²) >= 11 is 0.